The molecule has 0 N–H and O–H groups in total. The van der Waals surface area contributed by atoms with Crippen LogP contribution < -0.4 is 14.7 Å². The monoisotopic (exact) mass is 710 g/mol. The first-order chi connectivity index (χ1) is 24.4. The second-order valence-corrected chi connectivity index (χ2v) is 14.7. The van der Waals surface area contributed by atoms with E-state index in [0.29, 0.717) is 17.2 Å². The van der Waals surface area contributed by atoms with Gasteiger partial charge in [0, 0.05) is 0 Å². The third-order valence-electron chi connectivity index (χ3n) is 8.89. The SMILES string of the molecule is CCCCc1ccc(OOP(=O)(OOc2ccc(CCCC)cc2CCCC)OOc2ccc(CCCC)cc2CCCC)c(CCCC)c1. The molecule has 50 heavy (non-hydrogen) atoms. The number of phosphoric acid groups is 1. The minimum Gasteiger partial charge on any atom is -0.327 e. The second-order valence-electron chi connectivity index (χ2n) is 13.4. The zero-order chi connectivity index (χ0) is 36.0. The molecular formula is C42H63O7P. The molecular weight excluding hydrogens is 647 g/mol. The van der Waals surface area contributed by atoms with Crippen molar-refractivity contribution in [2.24, 2.45) is 0 Å². The zero-order valence-corrected chi connectivity index (χ0v) is 32.6. The Hall–Kier alpha value is -2.83. The molecule has 0 heterocycles. The summed E-state index contributed by atoms with van der Waals surface area (Å²) in [6.45, 7) is 13.0. The van der Waals surface area contributed by atoms with E-state index in [9.17, 15) is 4.57 Å². The lowest BCUT2D eigenvalue weighted by Gasteiger charge is -2.19. The minimum absolute atomic E-state index is 0.457. The van der Waals surface area contributed by atoms with Gasteiger partial charge in [-0.05, 0) is 129 Å². The molecule has 0 spiro atoms. The quantitative estimate of drug-likeness (QED) is 0.0443. The van der Waals surface area contributed by atoms with E-state index in [0.717, 1.165) is 132 Å². The number of rotatable bonds is 27. The molecule has 0 aromatic heterocycles. The van der Waals surface area contributed by atoms with Crippen LogP contribution in [0.3, 0.4) is 0 Å². The molecule has 0 unspecified atom stereocenters. The summed E-state index contributed by atoms with van der Waals surface area (Å²) in [5, 5.41) is 0. The maximum Gasteiger partial charge on any atom is 0.583 e. The highest BCUT2D eigenvalue weighted by Gasteiger charge is 2.36. The maximum atomic E-state index is 14.3. The summed E-state index contributed by atoms with van der Waals surface area (Å²) in [6.07, 6.45) is 18.0. The maximum absolute atomic E-state index is 14.3. The standard InChI is InChI=1S/C42H63O7P/c1-7-13-19-34-25-28-40(37(31-34)22-16-10-4)44-47-50(43,48-45-41-29-26-35(20-14-8-2)32-38(41)23-17-11-5)49-46-42-30-27-36(21-15-9-3)33-39(42)24-18-12-6/h25-33H,7-24H2,1-6H3. The molecule has 0 aliphatic rings. The number of hydrogen-bond acceptors (Lipinski definition) is 7. The van der Waals surface area contributed by atoms with Gasteiger partial charge in [-0.3, -0.25) is 0 Å². The molecule has 0 saturated carbocycles. The second kappa shape index (κ2) is 23.6. The lowest BCUT2D eigenvalue weighted by atomic mass is 10.0. The van der Waals surface area contributed by atoms with E-state index in [1.54, 1.807) is 0 Å². The van der Waals surface area contributed by atoms with Crippen LogP contribution in [0.5, 0.6) is 17.2 Å². The Kier molecular flexibility index (Phi) is 19.6. The molecule has 7 nitrogen and oxygen atoms in total. The number of unbranched alkanes of at least 4 members (excludes halogenated alkanes) is 6. The van der Waals surface area contributed by atoms with E-state index < -0.39 is 7.82 Å². The fraction of sp³-hybridized carbons (Fsp3) is 0.571. The summed E-state index contributed by atoms with van der Waals surface area (Å²) in [5.74, 6) is 1.37. The van der Waals surface area contributed by atoms with Crippen molar-refractivity contribution < 1.29 is 33.3 Å². The molecule has 0 aliphatic heterocycles. The third-order valence-corrected chi connectivity index (χ3v) is 9.66. The van der Waals surface area contributed by atoms with Crippen molar-refractivity contribution >= 4 is 7.82 Å². The summed E-state index contributed by atoms with van der Waals surface area (Å²) >= 11 is 0. The van der Waals surface area contributed by atoms with E-state index in [2.05, 4.69) is 59.7 Å². The smallest absolute Gasteiger partial charge is 0.327 e. The van der Waals surface area contributed by atoms with Crippen molar-refractivity contribution in [3.8, 4) is 17.2 Å². The molecule has 0 bridgehead atoms. The summed E-state index contributed by atoms with van der Waals surface area (Å²) in [4.78, 5) is 17.3. The highest BCUT2D eigenvalue weighted by atomic mass is 31.2. The summed E-state index contributed by atoms with van der Waals surface area (Å²) in [5.41, 5.74) is 6.62. The normalized spacial score (nSPS) is 11.6. The van der Waals surface area contributed by atoms with E-state index >= 15 is 0 Å². The van der Waals surface area contributed by atoms with Gasteiger partial charge < -0.3 is 14.7 Å². The van der Waals surface area contributed by atoms with Crippen molar-refractivity contribution in [2.75, 3.05) is 0 Å². The van der Waals surface area contributed by atoms with Crippen LogP contribution in [0, 0.1) is 0 Å². The average Bonchev–Trinajstić information content (AvgIpc) is 3.14. The van der Waals surface area contributed by atoms with Gasteiger partial charge in [-0.1, -0.05) is 130 Å². The van der Waals surface area contributed by atoms with Gasteiger partial charge in [0.2, 0.25) is 0 Å². The van der Waals surface area contributed by atoms with Crippen LogP contribution in [0.2, 0.25) is 0 Å². The minimum atomic E-state index is -4.61. The van der Waals surface area contributed by atoms with Crippen LogP contribution in [0.15, 0.2) is 54.6 Å². The van der Waals surface area contributed by atoms with Gasteiger partial charge in [0.05, 0.1) is 0 Å². The summed E-state index contributed by atoms with van der Waals surface area (Å²) in [6, 6.07) is 18.1. The van der Waals surface area contributed by atoms with Gasteiger partial charge in [0.15, 0.2) is 17.2 Å². The predicted molar refractivity (Wildman–Crippen MR) is 204 cm³/mol. The molecule has 8 heteroatoms. The molecule has 0 saturated heterocycles. The van der Waals surface area contributed by atoms with Crippen LogP contribution in [-0.4, -0.2) is 0 Å². The van der Waals surface area contributed by atoms with E-state index in [1.165, 1.54) is 16.7 Å². The Morgan fingerprint density at radius 1 is 0.400 bits per heavy atom. The van der Waals surface area contributed by atoms with Crippen LogP contribution >= 0.6 is 7.82 Å². The first kappa shape index (κ1) is 41.6. The van der Waals surface area contributed by atoms with Crippen molar-refractivity contribution in [3.63, 3.8) is 0 Å². The highest BCUT2D eigenvalue weighted by Crippen LogP contribution is 2.51. The fourth-order valence-electron chi connectivity index (χ4n) is 5.73. The number of aryl methyl sites for hydroxylation is 6. The predicted octanol–water partition coefficient (Wildman–Crippen LogP) is 13.2. The van der Waals surface area contributed by atoms with E-state index in [-0.39, 0.29) is 0 Å². The average molecular weight is 711 g/mol. The first-order valence-electron chi connectivity index (χ1n) is 19.4. The first-order valence-corrected chi connectivity index (χ1v) is 20.9. The van der Waals surface area contributed by atoms with Crippen LogP contribution in [-0.2, 0) is 57.1 Å². The van der Waals surface area contributed by atoms with Crippen molar-refractivity contribution in [1.29, 1.82) is 0 Å². The topological polar surface area (TPSA) is 72.5 Å². The highest BCUT2D eigenvalue weighted by molar-refractivity contribution is 7.48. The van der Waals surface area contributed by atoms with Gasteiger partial charge >= 0.3 is 7.82 Å². The Balaban J connectivity index is 1.90. The zero-order valence-electron chi connectivity index (χ0n) is 31.7. The summed E-state index contributed by atoms with van der Waals surface area (Å²) in [7, 11) is -4.61. The Morgan fingerprint density at radius 3 is 0.920 bits per heavy atom. The molecule has 0 atom stereocenters. The van der Waals surface area contributed by atoms with Gasteiger partial charge in [0.25, 0.3) is 0 Å². The van der Waals surface area contributed by atoms with Gasteiger partial charge in [-0.15, -0.1) is 0 Å². The van der Waals surface area contributed by atoms with E-state index in [1.807, 2.05) is 36.4 Å². The molecule has 3 rings (SSSR count). The van der Waals surface area contributed by atoms with Crippen LogP contribution in [0.4, 0.5) is 0 Å². The third kappa shape index (κ3) is 14.4. The van der Waals surface area contributed by atoms with Crippen molar-refractivity contribution in [3.05, 3.63) is 88.0 Å². The van der Waals surface area contributed by atoms with Crippen LogP contribution in [0.25, 0.3) is 0 Å². The molecule has 0 amide bonds. The lowest BCUT2D eigenvalue weighted by molar-refractivity contribution is -0.238. The lowest BCUT2D eigenvalue weighted by Crippen LogP contribution is -2.10. The summed E-state index contributed by atoms with van der Waals surface area (Å²) < 4.78 is 31.0. The molecule has 3 aromatic rings. The molecule has 3 aromatic carbocycles. The Morgan fingerprint density at radius 2 is 0.660 bits per heavy atom. The number of benzene rings is 3. The van der Waals surface area contributed by atoms with Gasteiger partial charge in [0.1, 0.15) is 0 Å². The molecule has 278 valence electrons. The Bertz CT molecular complexity index is 1270. The van der Waals surface area contributed by atoms with Gasteiger partial charge in [-0.25, -0.2) is 4.57 Å². The van der Waals surface area contributed by atoms with E-state index in [4.69, 9.17) is 28.7 Å². The van der Waals surface area contributed by atoms with Crippen LogP contribution in [0.1, 0.15) is 152 Å². The fourth-order valence-corrected chi connectivity index (χ4v) is 6.32. The Labute approximate surface area is 302 Å². The number of hydrogen-bond donors (Lipinski definition) is 0. The molecule has 0 aliphatic carbocycles. The molecule has 0 radical (unpaired) electrons. The van der Waals surface area contributed by atoms with Gasteiger partial charge in [-0.2, -0.15) is 0 Å². The largest absolute Gasteiger partial charge is 0.583 e. The van der Waals surface area contributed by atoms with Crippen molar-refractivity contribution in [1.82, 2.24) is 0 Å². The van der Waals surface area contributed by atoms with Crippen molar-refractivity contribution in [2.45, 2.75) is 157 Å². The molecule has 0 fully saturated rings.